The molecule has 0 spiro atoms. The number of fused-ring (bicyclic) bond motifs is 1. The number of ketones is 1. The molecule has 1 aromatic carbocycles. The molecule has 0 atom stereocenters. The average molecular weight is 276 g/mol. The van der Waals surface area contributed by atoms with Crippen LogP contribution in [0.15, 0.2) is 24.3 Å². The quantitative estimate of drug-likeness (QED) is 0.659. The van der Waals surface area contributed by atoms with Crippen LogP contribution >= 0.6 is 0 Å². The fraction of sp³-hybridized carbons (Fsp3) is 0.333. The molecular weight excluding hydrogens is 259 g/mol. The van der Waals surface area contributed by atoms with E-state index in [1.165, 1.54) is 11.0 Å². The van der Waals surface area contributed by atoms with Gasteiger partial charge in [0.2, 0.25) is 0 Å². The zero-order valence-electron chi connectivity index (χ0n) is 11.6. The summed E-state index contributed by atoms with van der Waals surface area (Å²) in [5.41, 5.74) is 1.56. The fourth-order valence-electron chi connectivity index (χ4n) is 2.25. The summed E-state index contributed by atoms with van der Waals surface area (Å²) in [4.78, 5) is 25.1. The summed E-state index contributed by atoms with van der Waals surface area (Å²) in [6.45, 7) is 8.93. The van der Waals surface area contributed by atoms with Crippen LogP contribution in [0.3, 0.4) is 0 Å². The predicted molar refractivity (Wildman–Crippen MR) is 75.5 cm³/mol. The van der Waals surface area contributed by atoms with Crippen molar-refractivity contribution in [2.45, 2.75) is 13.8 Å². The smallest absolute Gasteiger partial charge is 0.299 e. The summed E-state index contributed by atoms with van der Waals surface area (Å²) in [5.74, 6) is -1.89. The van der Waals surface area contributed by atoms with E-state index in [4.69, 9.17) is 0 Å². The van der Waals surface area contributed by atoms with Crippen LogP contribution < -0.4 is 10.2 Å². The van der Waals surface area contributed by atoms with Crippen molar-refractivity contribution in [2.24, 2.45) is 0 Å². The zero-order valence-corrected chi connectivity index (χ0v) is 11.6. The lowest BCUT2D eigenvalue weighted by atomic mass is 10.1. The molecule has 106 valence electrons. The molecule has 0 fully saturated rings. The van der Waals surface area contributed by atoms with Gasteiger partial charge in [-0.25, -0.2) is 4.39 Å². The van der Waals surface area contributed by atoms with Gasteiger partial charge in [0, 0.05) is 13.1 Å². The van der Waals surface area contributed by atoms with Crippen LogP contribution in [0.25, 0.3) is 0 Å². The van der Waals surface area contributed by atoms with Crippen LogP contribution in [0.1, 0.15) is 22.8 Å². The largest absolute Gasteiger partial charge is 0.313 e. The fourth-order valence-corrected chi connectivity index (χ4v) is 2.25. The number of halogens is 1. The third kappa shape index (κ3) is 2.49. The van der Waals surface area contributed by atoms with Gasteiger partial charge in [-0.2, -0.15) is 0 Å². The summed E-state index contributed by atoms with van der Waals surface area (Å²) in [6, 6.07) is 2.87. The van der Waals surface area contributed by atoms with E-state index < -0.39 is 17.5 Å². The van der Waals surface area contributed by atoms with E-state index >= 15 is 0 Å². The Kier molecular flexibility index (Phi) is 3.99. The first-order valence-corrected chi connectivity index (χ1v) is 6.49. The summed E-state index contributed by atoms with van der Waals surface area (Å²) < 4.78 is 14.1. The second-order valence-electron chi connectivity index (χ2n) is 4.89. The van der Waals surface area contributed by atoms with Gasteiger partial charge in [0.1, 0.15) is 5.82 Å². The van der Waals surface area contributed by atoms with E-state index in [9.17, 15) is 14.0 Å². The number of hydrogen-bond acceptors (Lipinski definition) is 3. The molecule has 1 heterocycles. The molecule has 0 bridgehead atoms. The number of benzene rings is 1. The van der Waals surface area contributed by atoms with E-state index in [-0.39, 0.29) is 17.8 Å². The molecule has 0 saturated heterocycles. The molecule has 4 nitrogen and oxygen atoms in total. The van der Waals surface area contributed by atoms with Gasteiger partial charge in [-0.05, 0) is 36.7 Å². The predicted octanol–water partition coefficient (Wildman–Crippen LogP) is 1.83. The first kappa shape index (κ1) is 14.4. The number of nitrogens with zero attached hydrogens (tertiary/aromatic N) is 1. The van der Waals surface area contributed by atoms with E-state index in [1.54, 1.807) is 13.0 Å². The van der Waals surface area contributed by atoms with Gasteiger partial charge < -0.3 is 5.32 Å². The maximum atomic E-state index is 14.1. The van der Waals surface area contributed by atoms with Gasteiger partial charge in [0.05, 0.1) is 11.3 Å². The maximum Gasteiger partial charge on any atom is 0.299 e. The highest BCUT2D eigenvalue weighted by Crippen LogP contribution is 2.33. The van der Waals surface area contributed by atoms with Gasteiger partial charge in [0.25, 0.3) is 11.7 Å². The van der Waals surface area contributed by atoms with Gasteiger partial charge in [-0.1, -0.05) is 13.5 Å². The van der Waals surface area contributed by atoms with Crippen LogP contribution in [-0.2, 0) is 4.79 Å². The number of amides is 1. The minimum Gasteiger partial charge on any atom is -0.313 e. The maximum absolute atomic E-state index is 14.1. The Morgan fingerprint density at radius 3 is 2.75 bits per heavy atom. The van der Waals surface area contributed by atoms with Gasteiger partial charge in [-0.3, -0.25) is 14.5 Å². The number of carbonyl (C=O) groups excluding carboxylic acids is 2. The van der Waals surface area contributed by atoms with Crippen molar-refractivity contribution < 1.29 is 14.0 Å². The Morgan fingerprint density at radius 2 is 2.10 bits per heavy atom. The van der Waals surface area contributed by atoms with Crippen LogP contribution in [0.4, 0.5) is 10.1 Å². The van der Waals surface area contributed by atoms with Crippen molar-refractivity contribution in [1.29, 1.82) is 0 Å². The first-order chi connectivity index (χ1) is 9.45. The molecule has 1 aromatic rings. The normalized spacial score (nSPS) is 13.8. The molecule has 20 heavy (non-hydrogen) atoms. The number of anilines is 1. The van der Waals surface area contributed by atoms with Crippen molar-refractivity contribution in [3.63, 3.8) is 0 Å². The number of Topliss-reactive ketones (excluding diaryl/α,β-unsaturated/α-hetero) is 1. The average Bonchev–Trinajstić information content (AvgIpc) is 2.62. The first-order valence-electron chi connectivity index (χ1n) is 6.49. The lowest BCUT2D eigenvalue weighted by Crippen LogP contribution is -2.34. The Bertz CT molecular complexity index is 596. The van der Waals surface area contributed by atoms with E-state index in [0.717, 1.165) is 12.1 Å². The highest BCUT2D eigenvalue weighted by molar-refractivity contribution is 6.52. The van der Waals surface area contributed by atoms with Crippen molar-refractivity contribution in [3.05, 3.63) is 41.2 Å². The van der Waals surface area contributed by atoms with Crippen LogP contribution in [0, 0.1) is 12.7 Å². The number of aryl methyl sites for hydroxylation is 1. The van der Waals surface area contributed by atoms with Crippen LogP contribution in [0.2, 0.25) is 0 Å². The molecular formula is C15H17FN2O2. The van der Waals surface area contributed by atoms with Crippen LogP contribution in [0.5, 0.6) is 0 Å². The van der Waals surface area contributed by atoms with Gasteiger partial charge in [0.15, 0.2) is 0 Å². The number of nitrogens with one attached hydrogen (secondary N) is 1. The second kappa shape index (κ2) is 5.54. The highest BCUT2D eigenvalue weighted by Gasteiger charge is 2.38. The Labute approximate surface area is 117 Å². The number of hydrogen-bond donors (Lipinski definition) is 1. The molecule has 0 unspecified atom stereocenters. The lowest BCUT2D eigenvalue weighted by Gasteiger charge is -2.18. The van der Waals surface area contributed by atoms with E-state index in [0.29, 0.717) is 12.1 Å². The van der Waals surface area contributed by atoms with Gasteiger partial charge in [-0.15, -0.1) is 0 Å². The summed E-state index contributed by atoms with van der Waals surface area (Å²) in [6.07, 6.45) is 0. The second-order valence-corrected chi connectivity index (χ2v) is 4.89. The molecule has 0 aromatic heterocycles. The molecule has 1 N–H and O–H groups in total. The number of rotatable bonds is 5. The summed E-state index contributed by atoms with van der Waals surface area (Å²) in [7, 11) is 0. The molecule has 0 radical (unpaired) electrons. The van der Waals surface area contributed by atoms with Crippen molar-refractivity contribution in [3.8, 4) is 0 Å². The van der Waals surface area contributed by atoms with Crippen LogP contribution in [-0.4, -0.2) is 31.3 Å². The zero-order chi connectivity index (χ0) is 14.9. The molecule has 1 aliphatic rings. The molecule has 0 saturated carbocycles. The monoisotopic (exact) mass is 276 g/mol. The standard InChI is InChI=1S/C15H17FN2O2/c1-4-17-7-10(3)8-18-13-11(14(19)15(18)20)5-9(2)6-12(13)16/h5-6,17H,3-4,7-8H2,1-2H3. The minimum absolute atomic E-state index is 0.0725. The SMILES string of the molecule is C=C(CNCC)CN1C(=O)C(=O)c2cc(C)cc(F)c21. The Morgan fingerprint density at radius 1 is 1.40 bits per heavy atom. The Hall–Kier alpha value is -2.01. The number of likely N-dealkylation sites (N-methyl/N-ethyl adjacent to an activating group) is 1. The van der Waals surface area contributed by atoms with Crippen molar-refractivity contribution >= 4 is 17.4 Å². The Balaban J connectivity index is 2.31. The minimum atomic E-state index is -0.692. The molecule has 5 heteroatoms. The third-order valence-electron chi connectivity index (χ3n) is 3.17. The number of carbonyl (C=O) groups is 2. The molecule has 1 amide bonds. The van der Waals surface area contributed by atoms with Crippen molar-refractivity contribution in [1.82, 2.24) is 5.32 Å². The summed E-state index contributed by atoms with van der Waals surface area (Å²) >= 11 is 0. The van der Waals surface area contributed by atoms with Gasteiger partial charge >= 0.3 is 0 Å². The molecule has 2 rings (SSSR count). The lowest BCUT2D eigenvalue weighted by molar-refractivity contribution is -0.114. The van der Waals surface area contributed by atoms with E-state index in [2.05, 4.69) is 11.9 Å². The topological polar surface area (TPSA) is 49.4 Å². The highest BCUT2D eigenvalue weighted by atomic mass is 19.1. The van der Waals surface area contributed by atoms with Crippen molar-refractivity contribution in [2.75, 3.05) is 24.5 Å². The van der Waals surface area contributed by atoms with E-state index in [1.807, 2.05) is 6.92 Å². The molecule has 0 aliphatic carbocycles. The third-order valence-corrected chi connectivity index (χ3v) is 3.17. The molecule has 1 aliphatic heterocycles. The summed E-state index contributed by atoms with van der Waals surface area (Å²) in [5, 5.41) is 3.08.